The van der Waals surface area contributed by atoms with Crippen LogP contribution in [0, 0.1) is 6.92 Å². The van der Waals surface area contributed by atoms with Gasteiger partial charge in [-0.3, -0.25) is 0 Å². The van der Waals surface area contributed by atoms with Gasteiger partial charge in [0.1, 0.15) is 17.3 Å². The Bertz CT molecular complexity index is 1050. The first-order valence-electron chi connectivity index (χ1n) is 9.93. The predicted molar refractivity (Wildman–Crippen MR) is 115 cm³/mol. The number of ether oxygens (including phenoxy) is 1. The van der Waals surface area contributed by atoms with Crippen LogP contribution in [0.3, 0.4) is 0 Å². The fourth-order valence-electron chi connectivity index (χ4n) is 3.49. The highest BCUT2D eigenvalue weighted by Gasteiger charge is 2.33. The molecule has 1 aliphatic rings. The van der Waals surface area contributed by atoms with Gasteiger partial charge in [-0.1, -0.05) is 19.6 Å². The van der Waals surface area contributed by atoms with E-state index < -0.39 is 24.1 Å². The van der Waals surface area contributed by atoms with Crippen molar-refractivity contribution < 1.29 is 23.1 Å². The molecule has 3 heterocycles. The molecule has 0 aromatic carbocycles. The molecule has 0 saturated heterocycles. The van der Waals surface area contributed by atoms with Crippen molar-refractivity contribution in [2.45, 2.75) is 57.2 Å². The van der Waals surface area contributed by atoms with E-state index in [4.69, 9.17) is 4.74 Å². The third kappa shape index (κ3) is 4.53. The van der Waals surface area contributed by atoms with Gasteiger partial charge >= 0.3 is 5.97 Å². The number of hydrogen-bond acceptors (Lipinski definition) is 5. The van der Waals surface area contributed by atoms with Crippen LogP contribution in [-0.2, 0) is 41.5 Å². The molecule has 2 aromatic rings. The van der Waals surface area contributed by atoms with Gasteiger partial charge in [-0.15, -0.1) is 0 Å². The largest absolute Gasteiger partial charge is 0.477 e. The number of carboxylic acids is 1. The Morgan fingerprint density at radius 1 is 1.33 bits per heavy atom. The first-order chi connectivity index (χ1) is 13.9. The SMILES string of the molecule is Cc1c(S(=O)(=O)N2CCc3c(cnn3COCC[Si](C)(C)C)C2)cc(C(=O)O)n1C. The Kier molecular flexibility index (Phi) is 6.28. The van der Waals surface area contributed by atoms with Crippen LogP contribution in [0.15, 0.2) is 17.2 Å². The van der Waals surface area contributed by atoms with Crippen LogP contribution >= 0.6 is 0 Å². The molecular formula is C19H30N4O5SSi. The summed E-state index contributed by atoms with van der Waals surface area (Å²) in [5, 5.41) is 13.7. The molecule has 11 heteroatoms. The molecule has 0 fully saturated rings. The highest BCUT2D eigenvalue weighted by atomic mass is 32.2. The van der Waals surface area contributed by atoms with E-state index in [1.807, 2.05) is 0 Å². The maximum absolute atomic E-state index is 13.2. The first kappa shape index (κ1) is 22.7. The summed E-state index contributed by atoms with van der Waals surface area (Å²) >= 11 is 0. The van der Waals surface area contributed by atoms with E-state index in [9.17, 15) is 18.3 Å². The van der Waals surface area contributed by atoms with E-state index in [2.05, 4.69) is 24.7 Å². The minimum Gasteiger partial charge on any atom is -0.477 e. The summed E-state index contributed by atoms with van der Waals surface area (Å²) in [6, 6.07) is 2.32. The number of hydrogen-bond donors (Lipinski definition) is 1. The van der Waals surface area contributed by atoms with E-state index in [0.717, 1.165) is 17.3 Å². The highest BCUT2D eigenvalue weighted by molar-refractivity contribution is 7.89. The second kappa shape index (κ2) is 8.29. The summed E-state index contributed by atoms with van der Waals surface area (Å²) in [6.45, 7) is 10.1. The highest BCUT2D eigenvalue weighted by Crippen LogP contribution is 2.28. The van der Waals surface area contributed by atoms with Crippen LogP contribution in [0.1, 0.15) is 27.4 Å². The lowest BCUT2D eigenvalue weighted by molar-refractivity contribution is 0.0686. The van der Waals surface area contributed by atoms with Gasteiger partial charge < -0.3 is 14.4 Å². The predicted octanol–water partition coefficient (Wildman–Crippen LogP) is 2.29. The average molecular weight is 455 g/mol. The number of aromatic nitrogens is 3. The summed E-state index contributed by atoms with van der Waals surface area (Å²) in [7, 11) is -3.41. The first-order valence-corrected chi connectivity index (χ1v) is 15.1. The van der Waals surface area contributed by atoms with E-state index in [1.54, 1.807) is 24.9 Å². The van der Waals surface area contributed by atoms with Gasteiger partial charge in [0.05, 0.1) is 6.20 Å². The minimum atomic E-state index is -3.81. The summed E-state index contributed by atoms with van der Waals surface area (Å²) in [5.41, 5.74) is 2.20. The van der Waals surface area contributed by atoms with Crippen molar-refractivity contribution in [3.05, 3.63) is 34.9 Å². The molecule has 1 N–H and O–H groups in total. The van der Waals surface area contributed by atoms with Crippen molar-refractivity contribution >= 4 is 24.1 Å². The Hall–Kier alpha value is -1.95. The molecular weight excluding hydrogens is 424 g/mol. The van der Waals surface area contributed by atoms with E-state index in [1.165, 1.54) is 14.9 Å². The maximum atomic E-state index is 13.2. The molecule has 0 radical (unpaired) electrons. The topological polar surface area (TPSA) is 107 Å². The summed E-state index contributed by atoms with van der Waals surface area (Å²) in [5.74, 6) is -1.15. The Morgan fingerprint density at radius 3 is 2.63 bits per heavy atom. The summed E-state index contributed by atoms with van der Waals surface area (Å²) < 4.78 is 36.7. The Morgan fingerprint density at radius 2 is 2.03 bits per heavy atom. The van der Waals surface area contributed by atoms with E-state index in [0.29, 0.717) is 32.0 Å². The van der Waals surface area contributed by atoms with Gasteiger partial charge in [0.15, 0.2) is 0 Å². The number of rotatable bonds is 8. The smallest absolute Gasteiger partial charge is 0.352 e. The fourth-order valence-corrected chi connectivity index (χ4v) is 5.94. The molecule has 2 aromatic heterocycles. The number of carboxylic acid groups (broad SMARTS) is 1. The third-order valence-electron chi connectivity index (χ3n) is 5.52. The molecule has 0 unspecified atom stereocenters. The molecule has 0 atom stereocenters. The standard InChI is InChI=1S/C19H30N4O5SSi/c1-14-18(10-17(19(24)25)21(14)2)29(26,27)22-7-6-16-15(12-22)11-20-23(16)13-28-8-9-30(3,4)5/h10-11H,6-9,12-13H2,1-5H3,(H,24,25). The number of fused-ring (bicyclic) bond motifs is 1. The van der Waals surface area contributed by atoms with Crippen LogP contribution in [0.25, 0.3) is 0 Å². The third-order valence-corrected chi connectivity index (χ3v) is 9.18. The monoisotopic (exact) mass is 454 g/mol. The quantitative estimate of drug-likeness (QED) is 0.484. The lowest BCUT2D eigenvalue weighted by atomic mass is 10.1. The zero-order valence-electron chi connectivity index (χ0n) is 18.2. The van der Waals surface area contributed by atoms with Crippen LogP contribution in [0.4, 0.5) is 0 Å². The van der Waals surface area contributed by atoms with Gasteiger partial charge in [0.2, 0.25) is 10.0 Å². The molecule has 166 valence electrons. The second-order valence-electron chi connectivity index (χ2n) is 8.90. The van der Waals surface area contributed by atoms with Crippen LogP contribution in [0.2, 0.25) is 25.7 Å². The van der Waals surface area contributed by atoms with Crippen LogP contribution in [0.5, 0.6) is 0 Å². The Labute approximate surface area is 178 Å². The number of aromatic carboxylic acids is 1. The summed E-state index contributed by atoms with van der Waals surface area (Å²) in [4.78, 5) is 11.4. The normalized spacial score (nSPS) is 15.4. The van der Waals surface area contributed by atoms with Gasteiger partial charge in [-0.25, -0.2) is 17.9 Å². The van der Waals surface area contributed by atoms with Gasteiger partial charge in [0, 0.05) is 58.2 Å². The van der Waals surface area contributed by atoms with Crippen molar-refractivity contribution in [1.82, 2.24) is 18.7 Å². The zero-order valence-corrected chi connectivity index (χ0v) is 20.0. The fraction of sp³-hybridized carbons (Fsp3) is 0.579. The molecule has 30 heavy (non-hydrogen) atoms. The minimum absolute atomic E-state index is 0.0351. The molecule has 0 saturated carbocycles. The molecule has 0 amide bonds. The number of carbonyl (C=O) groups is 1. The van der Waals surface area contributed by atoms with Crippen molar-refractivity contribution in [2.24, 2.45) is 7.05 Å². The van der Waals surface area contributed by atoms with E-state index >= 15 is 0 Å². The molecule has 9 nitrogen and oxygen atoms in total. The maximum Gasteiger partial charge on any atom is 0.352 e. The number of nitrogens with zero attached hydrogens (tertiary/aromatic N) is 4. The van der Waals surface area contributed by atoms with E-state index in [-0.39, 0.29) is 17.1 Å². The van der Waals surface area contributed by atoms with Gasteiger partial charge in [-0.05, 0) is 19.0 Å². The van der Waals surface area contributed by atoms with Crippen molar-refractivity contribution in [3.8, 4) is 0 Å². The van der Waals surface area contributed by atoms with Crippen LogP contribution < -0.4 is 0 Å². The van der Waals surface area contributed by atoms with Crippen molar-refractivity contribution in [2.75, 3.05) is 13.2 Å². The zero-order chi connectivity index (χ0) is 22.3. The van der Waals surface area contributed by atoms with Gasteiger partial charge in [0.25, 0.3) is 0 Å². The number of sulfonamides is 1. The lowest BCUT2D eigenvalue weighted by Crippen LogP contribution is -2.36. The van der Waals surface area contributed by atoms with Crippen molar-refractivity contribution in [3.63, 3.8) is 0 Å². The molecule has 0 aliphatic carbocycles. The molecule has 0 spiro atoms. The van der Waals surface area contributed by atoms with Gasteiger partial charge in [-0.2, -0.15) is 9.40 Å². The lowest BCUT2D eigenvalue weighted by Gasteiger charge is -2.26. The molecule has 3 rings (SSSR count). The molecule has 0 bridgehead atoms. The molecule has 1 aliphatic heterocycles. The van der Waals surface area contributed by atoms with Crippen molar-refractivity contribution in [1.29, 1.82) is 0 Å². The second-order valence-corrected chi connectivity index (χ2v) is 16.4. The Balaban J connectivity index is 1.73. The van der Waals surface area contributed by atoms with Crippen LogP contribution in [-0.4, -0.2) is 59.4 Å². The summed E-state index contributed by atoms with van der Waals surface area (Å²) in [6.07, 6.45) is 2.23. The average Bonchev–Trinajstić information content (AvgIpc) is 3.19.